The largest absolute Gasteiger partial charge is 0.464 e. The summed E-state index contributed by atoms with van der Waals surface area (Å²) in [5.74, 6) is 1.39. The Morgan fingerprint density at radius 1 is 1.06 bits per heavy atom. The van der Waals surface area contributed by atoms with Crippen molar-refractivity contribution in [2.24, 2.45) is 0 Å². The van der Waals surface area contributed by atoms with Crippen LogP contribution >= 0.6 is 0 Å². The van der Waals surface area contributed by atoms with Gasteiger partial charge in [-0.3, -0.25) is 14.5 Å². The van der Waals surface area contributed by atoms with Gasteiger partial charge in [0, 0.05) is 26.7 Å². The Balaban J connectivity index is 1.41. The number of furan rings is 1. The van der Waals surface area contributed by atoms with Crippen LogP contribution in [0.4, 0.5) is 0 Å². The van der Waals surface area contributed by atoms with Crippen molar-refractivity contribution in [1.29, 1.82) is 0 Å². The summed E-state index contributed by atoms with van der Waals surface area (Å²) in [7, 11) is 1.74. The van der Waals surface area contributed by atoms with E-state index in [4.69, 9.17) is 4.42 Å². The van der Waals surface area contributed by atoms with Gasteiger partial charge in [-0.1, -0.05) is 54.6 Å². The van der Waals surface area contributed by atoms with Gasteiger partial charge in [-0.25, -0.2) is 0 Å². The van der Waals surface area contributed by atoms with E-state index in [1.807, 2.05) is 37.3 Å². The van der Waals surface area contributed by atoms with E-state index in [1.54, 1.807) is 11.9 Å². The number of benzene rings is 2. The van der Waals surface area contributed by atoms with Crippen LogP contribution in [-0.4, -0.2) is 47.8 Å². The first-order valence-electron chi connectivity index (χ1n) is 10.9. The first-order valence-corrected chi connectivity index (χ1v) is 10.9. The Kier molecular flexibility index (Phi) is 6.71. The molecule has 1 atom stereocenters. The Morgan fingerprint density at radius 2 is 1.78 bits per heavy atom. The van der Waals surface area contributed by atoms with Gasteiger partial charge in [-0.2, -0.15) is 0 Å². The monoisotopic (exact) mass is 431 g/mol. The zero-order chi connectivity index (χ0) is 22.5. The third kappa shape index (κ3) is 5.26. The maximum atomic E-state index is 12.8. The zero-order valence-electron chi connectivity index (χ0n) is 18.6. The van der Waals surface area contributed by atoms with Crippen LogP contribution in [-0.2, 0) is 22.7 Å². The summed E-state index contributed by atoms with van der Waals surface area (Å²) in [5, 5.41) is 2.91. The summed E-state index contributed by atoms with van der Waals surface area (Å²) in [6.07, 6.45) is 0.143. The lowest BCUT2D eigenvalue weighted by Crippen LogP contribution is -2.56. The summed E-state index contributed by atoms with van der Waals surface area (Å²) in [6, 6.07) is 21.9. The number of carbonyl (C=O) groups is 2. The number of amides is 2. The molecule has 166 valence electrons. The van der Waals surface area contributed by atoms with Crippen LogP contribution in [0.1, 0.15) is 23.5 Å². The number of carbonyl (C=O) groups excluding carboxylic acids is 2. The maximum absolute atomic E-state index is 12.8. The molecule has 0 spiro atoms. The van der Waals surface area contributed by atoms with Crippen molar-refractivity contribution in [3.05, 3.63) is 83.8 Å². The molecular weight excluding hydrogens is 402 g/mol. The van der Waals surface area contributed by atoms with E-state index in [-0.39, 0.29) is 18.2 Å². The molecule has 3 aromatic rings. The lowest BCUT2D eigenvalue weighted by Gasteiger charge is -2.35. The molecule has 32 heavy (non-hydrogen) atoms. The Morgan fingerprint density at radius 3 is 2.47 bits per heavy atom. The highest BCUT2D eigenvalue weighted by molar-refractivity contribution is 5.88. The van der Waals surface area contributed by atoms with Gasteiger partial charge in [-0.15, -0.1) is 0 Å². The number of nitrogens with one attached hydrogen (secondary N) is 1. The third-order valence-corrected chi connectivity index (χ3v) is 5.87. The van der Waals surface area contributed by atoms with E-state index >= 15 is 0 Å². The smallest absolute Gasteiger partial charge is 0.237 e. The van der Waals surface area contributed by atoms with E-state index in [9.17, 15) is 9.59 Å². The standard InChI is InChI=1S/C26H29N3O3/c1-19-8-13-23(32-19)18-28(2)25(30)16-24-26(31)27-14-15-29(24)17-20-9-11-22(12-10-20)21-6-4-3-5-7-21/h3-13,24H,14-18H2,1-2H3,(H,27,31)/t24-/m1/s1. The second-order valence-electron chi connectivity index (χ2n) is 8.31. The first-order chi connectivity index (χ1) is 15.5. The Labute approximate surface area is 188 Å². The molecule has 6 heteroatoms. The van der Waals surface area contributed by atoms with Gasteiger partial charge in [0.2, 0.25) is 11.8 Å². The molecule has 0 bridgehead atoms. The van der Waals surface area contributed by atoms with Crippen molar-refractivity contribution >= 4 is 11.8 Å². The van der Waals surface area contributed by atoms with E-state index < -0.39 is 6.04 Å². The fraction of sp³-hybridized carbons (Fsp3) is 0.308. The van der Waals surface area contributed by atoms with E-state index in [0.29, 0.717) is 26.2 Å². The number of piperazine rings is 1. The van der Waals surface area contributed by atoms with Gasteiger partial charge in [-0.05, 0) is 35.7 Å². The molecule has 1 aliphatic rings. The highest BCUT2D eigenvalue weighted by atomic mass is 16.3. The second kappa shape index (κ2) is 9.83. The molecule has 0 saturated carbocycles. The van der Waals surface area contributed by atoms with Crippen molar-refractivity contribution in [2.45, 2.75) is 32.5 Å². The molecular formula is C26H29N3O3. The molecule has 1 aliphatic heterocycles. The molecule has 2 amide bonds. The molecule has 0 radical (unpaired) electrons. The summed E-state index contributed by atoms with van der Waals surface area (Å²) in [4.78, 5) is 29.2. The Bertz CT molecular complexity index is 1060. The lowest BCUT2D eigenvalue weighted by atomic mass is 10.0. The molecule has 1 saturated heterocycles. The normalized spacial score (nSPS) is 16.6. The van der Waals surface area contributed by atoms with Gasteiger partial charge in [0.1, 0.15) is 11.5 Å². The fourth-order valence-electron chi connectivity index (χ4n) is 4.05. The van der Waals surface area contributed by atoms with Crippen LogP contribution in [0.2, 0.25) is 0 Å². The Hall–Kier alpha value is -3.38. The minimum absolute atomic E-state index is 0.0782. The average Bonchev–Trinajstić information content (AvgIpc) is 3.21. The predicted molar refractivity (Wildman–Crippen MR) is 124 cm³/mol. The van der Waals surface area contributed by atoms with E-state index in [2.05, 4.69) is 46.6 Å². The molecule has 6 nitrogen and oxygen atoms in total. The van der Waals surface area contributed by atoms with Crippen molar-refractivity contribution in [3.8, 4) is 11.1 Å². The quantitative estimate of drug-likeness (QED) is 0.621. The van der Waals surface area contributed by atoms with E-state index in [1.165, 1.54) is 5.56 Å². The predicted octanol–water partition coefficient (Wildman–Crippen LogP) is 3.60. The summed E-state index contributed by atoms with van der Waals surface area (Å²) in [5.41, 5.74) is 3.46. The summed E-state index contributed by atoms with van der Waals surface area (Å²) in [6.45, 7) is 4.20. The lowest BCUT2D eigenvalue weighted by molar-refractivity contribution is -0.138. The van der Waals surface area contributed by atoms with Gasteiger partial charge in [0.15, 0.2) is 0 Å². The molecule has 4 rings (SSSR count). The minimum Gasteiger partial charge on any atom is -0.464 e. The topological polar surface area (TPSA) is 65.8 Å². The van der Waals surface area contributed by atoms with Crippen LogP contribution in [0.25, 0.3) is 11.1 Å². The highest BCUT2D eigenvalue weighted by Gasteiger charge is 2.32. The van der Waals surface area contributed by atoms with Crippen molar-refractivity contribution < 1.29 is 14.0 Å². The van der Waals surface area contributed by atoms with Crippen LogP contribution in [0, 0.1) is 6.92 Å². The van der Waals surface area contributed by atoms with Gasteiger partial charge >= 0.3 is 0 Å². The van der Waals surface area contributed by atoms with Crippen molar-refractivity contribution in [1.82, 2.24) is 15.1 Å². The van der Waals surface area contributed by atoms with Crippen LogP contribution in [0.3, 0.4) is 0 Å². The summed E-state index contributed by atoms with van der Waals surface area (Å²) < 4.78 is 5.57. The molecule has 2 aromatic carbocycles. The third-order valence-electron chi connectivity index (χ3n) is 5.87. The van der Waals surface area contributed by atoms with Crippen LogP contribution in [0.15, 0.2) is 71.1 Å². The molecule has 1 fully saturated rings. The zero-order valence-corrected chi connectivity index (χ0v) is 18.6. The molecule has 0 aliphatic carbocycles. The fourth-order valence-corrected chi connectivity index (χ4v) is 4.05. The van der Waals surface area contributed by atoms with Gasteiger partial charge < -0.3 is 14.6 Å². The number of nitrogens with zero attached hydrogens (tertiary/aromatic N) is 2. The van der Waals surface area contributed by atoms with Crippen molar-refractivity contribution in [2.75, 3.05) is 20.1 Å². The van der Waals surface area contributed by atoms with E-state index in [0.717, 1.165) is 22.6 Å². The maximum Gasteiger partial charge on any atom is 0.237 e. The van der Waals surface area contributed by atoms with Crippen LogP contribution < -0.4 is 5.32 Å². The molecule has 2 heterocycles. The second-order valence-corrected chi connectivity index (χ2v) is 8.31. The first kappa shape index (κ1) is 21.8. The SMILES string of the molecule is Cc1ccc(CN(C)C(=O)C[C@@H]2C(=O)NCCN2Cc2ccc(-c3ccccc3)cc2)o1. The number of hydrogen-bond acceptors (Lipinski definition) is 4. The van der Waals surface area contributed by atoms with Gasteiger partial charge in [0.05, 0.1) is 19.0 Å². The number of hydrogen-bond donors (Lipinski definition) is 1. The number of rotatable bonds is 7. The number of aryl methyl sites for hydroxylation is 1. The van der Waals surface area contributed by atoms with Crippen molar-refractivity contribution in [3.63, 3.8) is 0 Å². The molecule has 1 N–H and O–H groups in total. The molecule has 0 unspecified atom stereocenters. The van der Waals surface area contributed by atoms with Gasteiger partial charge in [0.25, 0.3) is 0 Å². The summed E-state index contributed by atoms with van der Waals surface area (Å²) >= 11 is 0. The molecule has 1 aromatic heterocycles. The highest BCUT2D eigenvalue weighted by Crippen LogP contribution is 2.21. The average molecular weight is 432 g/mol. The minimum atomic E-state index is -0.481. The van der Waals surface area contributed by atoms with Crippen LogP contribution in [0.5, 0.6) is 0 Å².